The lowest BCUT2D eigenvalue weighted by atomic mass is 10.0. The zero-order valence-electron chi connectivity index (χ0n) is 11.2. The minimum atomic E-state index is -0.139. The maximum atomic E-state index is 12.2. The molecule has 0 radical (unpaired) electrons. The lowest BCUT2D eigenvalue weighted by Gasteiger charge is -2.22. The van der Waals surface area contributed by atoms with E-state index in [2.05, 4.69) is 16.2 Å². The van der Waals surface area contributed by atoms with E-state index < -0.39 is 0 Å². The van der Waals surface area contributed by atoms with Gasteiger partial charge in [-0.2, -0.15) is 9.61 Å². The fourth-order valence-corrected chi connectivity index (χ4v) is 3.23. The van der Waals surface area contributed by atoms with Crippen molar-refractivity contribution in [1.82, 2.24) is 14.6 Å². The highest BCUT2D eigenvalue weighted by atomic mass is 32.1. The molecule has 21 heavy (non-hydrogen) atoms. The summed E-state index contributed by atoms with van der Waals surface area (Å²) >= 11 is 1.33. The van der Waals surface area contributed by atoms with Gasteiger partial charge < -0.3 is 4.74 Å². The van der Waals surface area contributed by atoms with Crippen molar-refractivity contribution in [3.05, 3.63) is 56.6 Å². The molecule has 1 unspecified atom stereocenters. The molecule has 3 aromatic rings. The van der Waals surface area contributed by atoms with Gasteiger partial charge in [-0.1, -0.05) is 29.5 Å². The van der Waals surface area contributed by atoms with Crippen LogP contribution in [0.25, 0.3) is 17.1 Å². The van der Waals surface area contributed by atoms with Crippen molar-refractivity contribution in [2.75, 3.05) is 0 Å². The highest BCUT2D eigenvalue weighted by Crippen LogP contribution is 2.29. The second-order valence-electron chi connectivity index (χ2n) is 4.81. The fraction of sp³-hybridized carbons (Fsp3) is 0.133. The lowest BCUT2D eigenvalue weighted by molar-refractivity contribution is 0.259. The molecule has 5 nitrogen and oxygen atoms in total. The average Bonchev–Trinajstić information content (AvgIpc) is 3.04. The zero-order chi connectivity index (χ0) is 14.4. The van der Waals surface area contributed by atoms with E-state index >= 15 is 0 Å². The molecule has 1 atom stereocenters. The number of hydrogen-bond donors (Lipinski definition) is 0. The molecule has 1 aliphatic rings. The predicted molar refractivity (Wildman–Crippen MR) is 81.3 cm³/mol. The Bertz CT molecular complexity index is 970. The number of hydrogen-bond acceptors (Lipinski definition) is 5. The summed E-state index contributed by atoms with van der Waals surface area (Å²) in [5.41, 5.74) is 1.85. The second-order valence-corrected chi connectivity index (χ2v) is 5.82. The van der Waals surface area contributed by atoms with Crippen molar-refractivity contribution in [1.29, 1.82) is 0 Å². The van der Waals surface area contributed by atoms with Gasteiger partial charge in [-0.15, -0.1) is 0 Å². The summed E-state index contributed by atoms with van der Waals surface area (Å²) in [6, 6.07) is 7.86. The largest absolute Gasteiger partial charge is 0.485 e. The Hall–Kier alpha value is -2.47. The monoisotopic (exact) mass is 297 g/mol. The van der Waals surface area contributed by atoms with Crippen LogP contribution in [0.3, 0.4) is 0 Å². The number of benzene rings is 1. The highest BCUT2D eigenvalue weighted by molar-refractivity contribution is 7.15. The summed E-state index contributed by atoms with van der Waals surface area (Å²) in [4.78, 5) is 16.8. The van der Waals surface area contributed by atoms with Gasteiger partial charge in [-0.3, -0.25) is 4.79 Å². The van der Waals surface area contributed by atoms with Crippen molar-refractivity contribution in [2.24, 2.45) is 0 Å². The maximum Gasteiger partial charge on any atom is 0.291 e. The van der Waals surface area contributed by atoms with Gasteiger partial charge in [0.15, 0.2) is 0 Å². The fourth-order valence-electron chi connectivity index (χ4n) is 2.35. The second kappa shape index (κ2) is 4.53. The molecular formula is C15H11N3O2S. The number of aromatic nitrogens is 3. The van der Waals surface area contributed by atoms with Gasteiger partial charge in [0, 0.05) is 5.56 Å². The van der Waals surface area contributed by atoms with Crippen LogP contribution in [0, 0.1) is 0 Å². The normalized spacial score (nSPS) is 18.4. The van der Waals surface area contributed by atoms with Gasteiger partial charge in [0.1, 0.15) is 18.2 Å². The Morgan fingerprint density at radius 2 is 2.24 bits per heavy atom. The Kier molecular flexibility index (Phi) is 2.65. The third-order valence-corrected chi connectivity index (χ3v) is 4.41. The molecule has 0 bridgehead atoms. The van der Waals surface area contributed by atoms with E-state index in [0.29, 0.717) is 9.49 Å². The van der Waals surface area contributed by atoms with Crippen LogP contribution in [0.1, 0.15) is 12.5 Å². The zero-order valence-corrected chi connectivity index (χ0v) is 12.0. The minimum absolute atomic E-state index is 0.0957. The molecule has 2 aromatic heterocycles. The van der Waals surface area contributed by atoms with Crippen molar-refractivity contribution < 1.29 is 4.74 Å². The average molecular weight is 297 g/mol. The number of thiazole rings is 1. The van der Waals surface area contributed by atoms with Crippen LogP contribution in [0.2, 0.25) is 0 Å². The van der Waals surface area contributed by atoms with Crippen molar-refractivity contribution >= 4 is 28.4 Å². The summed E-state index contributed by atoms with van der Waals surface area (Å²) in [6.45, 7) is 1.97. The number of ether oxygens (including phenoxy) is 1. The van der Waals surface area contributed by atoms with Crippen LogP contribution in [-0.4, -0.2) is 20.7 Å². The number of para-hydroxylation sites is 1. The molecule has 6 heteroatoms. The molecular weight excluding hydrogens is 286 g/mol. The van der Waals surface area contributed by atoms with Crippen LogP contribution < -0.4 is 14.8 Å². The van der Waals surface area contributed by atoms with E-state index in [4.69, 9.17) is 4.74 Å². The smallest absolute Gasteiger partial charge is 0.291 e. The van der Waals surface area contributed by atoms with E-state index in [1.54, 1.807) is 0 Å². The minimum Gasteiger partial charge on any atom is -0.485 e. The van der Waals surface area contributed by atoms with Gasteiger partial charge in [0.05, 0.1) is 4.53 Å². The van der Waals surface area contributed by atoms with E-state index in [1.807, 2.05) is 37.3 Å². The van der Waals surface area contributed by atoms with Crippen LogP contribution >= 0.6 is 11.3 Å². The third kappa shape index (κ3) is 1.95. The summed E-state index contributed by atoms with van der Waals surface area (Å²) in [5, 5.41) is 3.92. The first kappa shape index (κ1) is 12.3. The molecule has 104 valence electrons. The molecule has 1 aliphatic heterocycles. The van der Waals surface area contributed by atoms with E-state index in [-0.39, 0.29) is 11.7 Å². The van der Waals surface area contributed by atoms with E-state index in [1.165, 1.54) is 22.2 Å². The summed E-state index contributed by atoms with van der Waals surface area (Å²) in [5.74, 6) is 0.868. The van der Waals surface area contributed by atoms with Gasteiger partial charge in [0.25, 0.3) is 5.56 Å². The number of rotatable bonds is 1. The molecule has 0 saturated carbocycles. The van der Waals surface area contributed by atoms with Crippen LogP contribution in [0.4, 0.5) is 0 Å². The molecule has 0 saturated heterocycles. The molecule has 0 N–H and O–H groups in total. The summed E-state index contributed by atoms with van der Waals surface area (Å²) in [7, 11) is 0. The Morgan fingerprint density at radius 3 is 3.10 bits per heavy atom. The topological polar surface area (TPSA) is 56.5 Å². The molecule has 0 spiro atoms. The Morgan fingerprint density at radius 1 is 1.38 bits per heavy atom. The molecule has 1 aromatic carbocycles. The van der Waals surface area contributed by atoms with Crippen molar-refractivity contribution in [2.45, 2.75) is 13.0 Å². The number of fused-ring (bicyclic) bond motifs is 2. The van der Waals surface area contributed by atoms with E-state index in [0.717, 1.165) is 16.9 Å². The first-order valence-corrected chi connectivity index (χ1v) is 7.35. The lowest BCUT2D eigenvalue weighted by Crippen LogP contribution is -2.26. The first-order valence-electron chi connectivity index (χ1n) is 6.54. The van der Waals surface area contributed by atoms with Gasteiger partial charge in [0.2, 0.25) is 4.96 Å². The molecule has 0 aliphatic carbocycles. The standard InChI is InChI=1S/C15H11N3O2S/c1-9-11(6-10-4-2-3-5-12(10)20-9)7-13-14(19)18-15(21-13)16-8-17-18/h2-9H,1H3. The third-order valence-electron chi connectivity index (χ3n) is 3.43. The predicted octanol–water partition coefficient (Wildman–Crippen LogP) is 1.51. The maximum absolute atomic E-state index is 12.2. The summed E-state index contributed by atoms with van der Waals surface area (Å²) < 4.78 is 7.81. The van der Waals surface area contributed by atoms with Crippen LogP contribution in [-0.2, 0) is 0 Å². The van der Waals surface area contributed by atoms with Crippen LogP contribution in [0.5, 0.6) is 5.75 Å². The Balaban J connectivity index is 1.88. The number of nitrogens with zero attached hydrogens (tertiary/aromatic N) is 3. The molecule has 3 heterocycles. The van der Waals surface area contributed by atoms with Crippen molar-refractivity contribution in [3.8, 4) is 5.75 Å². The Labute approximate surface area is 123 Å². The van der Waals surface area contributed by atoms with Crippen molar-refractivity contribution in [3.63, 3.8) is 0 Å². The molecule has 0 fully saturated rings. The van der Waals surface area contributed by atoms with Crippen LogP contribution in [0.15, 0.2) is 41.0 Å². The van der Waals surface area contributed by atoms with Gasteiger partial charge >= 0.3 is 0 Å². The van der Waals surface area contributed by atoms with E-state index in [9.17, 15) is 4.79 Å². The first-order chi connectivity index (χ1) is 10.2. The van der Waals surface area contributed by atoms with Gasteiger partial charge in [-0.05, 0) is 30.7 Å². The molecule has 4 rings (SSSR count). The summed E-state index contributed by atoms with van der Waals surface area (Å²) in [6.07, 6.45) is 5.21. The molecule has 0 amide bonds. The highest BCUT2D eigenvalue weighted by Gasteiger charge is 2.17. The van der Waals surface area contributed by atoms with Gasteiger partial charge in [-0.25, -0.2) is 4.98 Å². The quantitative estimate of drug-likeness (QED) is 0.683. The SMILES string of the molecule is CC1Oc2ccccc2C=C1C=c1sc2ncnn2c1=O.